The molecule has 0 bridgehead atoms. The van der Waals surface area contributed by atoms with E-state index in [0.29, 0.717) is 23.5 Å². The predicted molar refractivity (Wildman–Crippen MR) is 109 cm³/mol. The molecule has 1 aromatic heterocycles. The Hall–Kier alpha value is -3.03. The number of nitrogens with one attached hydrogen (secondary N) is 1. The highest BCUT2D eigenvalue weighted by Crippen LogP contribution is 2.29. The Kier molecular flexibility index (Phi) is 6.18. The van der Waals surface area contributed by atoms with Crippen LogP contribution in [0.4, 0.5) is 11.4 Å². The Labute approximate surface area is 166 Å². The molecular weight excluding hydrogens is 374 g/mol. The highest BCUT2D eigenvalue weighted by atomic mass is 32.2. The van der Waals surface area contributed by atoms with Gasteiger partial charge in [-0.3, -0.25) is 18.3 Å². The van der Waals surface area contributed by atoms with Gasteiger partial charge >= 0.3 is 0 Å². The third-order valence-corrected chi connectivity index (χ3v) is 5.01. The average molecular weight is 394 g/mol. The molecule has 0 saturated heterocycles. The lowest BCUT2D eigenvalue weighted by Gasteiger charge is -2.27. The van der Waals surface area contributed by atoms with E-state index < -0.39 is 11.3 Å². The predicted octanol–water partition coefficient (Wildman–Crippen LogP) is 3.56. The molecule has 1 N–H and O–H groups in total. The van der Waals surface area contributed by atoms with Crippen molar-refractivity contribution in [3.05, 3.63) is 89.2 Å². The van der Waals surface area contributed by atoms with Gasteiger partial charge < -0.3 is 9.87 Å². The highest BCUT2D eigenvalue weighted by Gasteiger charge is 2.15. The number of aromatic nitrogens is 1. The Bertz CT molecular complexity index is 992. The van der Waals surface area contributed by atoms with E-state index >= 15 is 0 Å². The largest absolute Gasteiger partial charge is 0.755 e. The lowest BCUT2D eigenvalue weighted by molar-refractivity contribution is 0.0950. The highest BCUT2D eigenvalue weighted by molar-refractivity contribution is 7.81. The molecule has 3 rings (SSSR count). The molecule has 3 aromatic rings. The van der Waals surface area contributed by atoms with Gasteiger partial charge in [0, 0.05) is 24.5 Å². The Morgan fingerprint density at radius 2 is 1.82 bits per heavy atom. The van der Waals surface area contributed by atoms with Crippen molar-refractivity contribution >= 4 is 28.5 Å². The molecule has 0 aliphatic rings. The first kappa shape index (κ1) is 19.7. The van der Waals surface area contributed by atoms with Crippen molar-refractivity contribution < 1.29 is 13.6 Å². The van der Waals surface area contributed by atoms with Gasteiger partial charge in [-0.15, -0.1) is 0 Å². The molecule has 2 aromatic carbocycles. The lowest BCUT2D eigenvalue weighted by atomic mass is 10.1. The quantitative estimate of drug-likeness (QED) is 0.648. The topological polar surface area (TPSA) is 85.4 Å². The second-order valence-corrected chi connectivity index (χ2v) is 7.19. The van der Waals surface area contributed by atoms with Gasteiger partial charge in [-0.2, -0.15) is 0 Å². The average Bonchev–Trinajstić information content (AvgIpc) is 2.69. The van der Waals surface area contributed by atoms with Gasteiger partial charge in [-0.1, -0.05) is 29.8 Å². The number of aryl methyl sites for hydroxylation is 2. The van der Waals surface area contributed by atoms with Crippen LogP contribution in [-0.2, 0) is 17.8 Å². The van der Waals surface area contributed by atoms with E-state index in [4.69, 9.17) is 0 Å². The summed E-state index contributed by atoms with van der Waals surface area (Å²) < 4.78 is 24.9. The van der Waals surface area contributed by atoms with Gasteiger partial charge in [-0.25, -0.2) is 0 Å². The number of nitrogens with zero attached hydrogens (tertiary/aromatic N) is 2. The third kappa shape index (κ3) is 4.62. The van der Waals surface area contributed by atoms with Crippen molar-refractivity contribution in [2.24, 2.45) is 0 Å². The summed E-state index contributed by atoms with van der Waals surface area (Å²) >= 11 is -2.53. The number of pyridine rings is 1. The number of hydrogen-bond donors (Lipinski definition) is 1. The van der Waals surface area contributed by atoms with Crippen LogP contribution in [0.3, 0.4) is 0 Å². The van der Waals surface area contributed by atoms with E-state index in [2.05, 4.69) is 10.3 Å². The van der Waals surface area contributed by atoms with Crippen LogP contribution in [0.25, 0.3) is 0 Å². The van der Waals surface area contributed by atoms with E-state index in [-0.39, 0.29) is 5.91 Å². The lowest BCUT2D eigenvalue weighted by Crippen LogP contribution is -2.25. The number of carbonyl (C=O) groups is 1. The van der Waals surface area contributed by atoms with Crippen LogP contribution in [0.5, 0.6) is 0 Å². The van der Waals surface area contributed by atoms with Gasteiger partial charge in [0.1, 0.15) is 0 Å². The maximum atomic E-state index is 12.7. The number of anilines is 2. The van der Waals surface area contributed by atoms with E-state index in [1.54, 1.807) is 48.8 Å². The number of carbonyl (C=O) groups excluding carboxylic acids is 1. The molecule has 1 atom stereocenters. The second kappa shape index (κ2) is 8.77. The van der Waals surface area contributed by atoms with Crippen molar-refractivity contribution in [3.8, 4) is 0 Å². The van der Waals surface area contributed by atoms with Crippen molar-refractivity contribution in [1.82, 2.24) is 10.3 Å². The zero-order chi connectivity index (χ0) is 20.1. The van der Waals surface area contributed by atoms with Crippen molar-refractivity contribution in [3.63, 3.8) is 0 Å². The van der Waals surface area contributed by atoms with Crippen LogP contribution in [-0.4, -0.2) is 19.7 Å². The fourth-order valence-corrected chi connectivity index (χ4v) is 3.34. The first-order valence-electron chi connectivity index (χ1n) is 8.69. The number of benzene rings is 2. The molecule has 1 unspecified atom stereocenters. The van der Waals surface area contributed by atoms with Crippen LogP contribution < -0.4 is 9.62 Å². The smallest absolute Gasteiger partial charge is 0.251 e. The molecule has 1 heterocycles. The van der Waals surface area contributed by atoms with Crippen LogP contribution in [0, 0.1) is 13.8 Å². The Morgan fingerprint density at radius 3 is 2.46 bits per heavy atom. The zero-order valence-corrected chi connectivity index (χ0v) is 16.4. The maximum absolute atomic E-state index is 12.7. The monoisotopic (exact) mass is 394 g/mol. The van der Waals surface area contributed by atoms with Gasteiger partial charge in [0.25, 0.3) is 5.91 Å². The first-order chi connectivity index (χ1) is 13.5. The minimum atomic E-state index is -2.53. The minimum absolute atomic E-state index is 0.274. The molecular formula is C21H20N3O3S-. The molecule has 0 aliphatic heterocycles. The fourth-order valence-electron chi connectivity index (χ4n) is 2.76. The zero-order valence-electron chi connectivity index (χ0n) is 15.6. The summed E-state index contributed by atoms with van der Waals surface area (Å²) in [5.41, 5.74) is 3.99. The summed E-state index contributed by atoms with van der Waals surface area (Å²) in [5.74, 6) is -0.274. The van der Waals surface area contributed by atoms with Crippen molar-refractivity contribution in [1.29, 1.82) is 0 Å². The molecule has 1 amide bonds. The van der Waals surface area contributed by atoms with Crippen molar-refractivity contribution in [2.45, 2.75) is 20.4 Å². The normalized spacial score (nSPS) is 11.7. The fraction of sp³-hybridized carbons (Fsp3) is 0.143. The van der Waals surface area contributed by atoms with E-state index in [9.17, 15) is 13.6 Å². The molecule has 7 heteroatoms. The maximum Gasteiger partial charge on any atom is 0.251 e. The van der Waals surface area contributed by atoms with Gasteiger partial charge in [0.05, 0.1) is 22.6 Å². The summed E-state index contributed by atoms with van der Waals surface area (Å²) in [6, 6.07) is 15.8. The Morgan fingerprint density at radius 1 is 1.11 bits per heavy atom. The molecule has 0 radical (unpaired) electrons. The number of rotatable bonds is 6. The van der Waals surface area contributed by atoms with Crippen LogP contribution in [0.1, 0.15) is 27.0 Å². The van der Waals surface area contributed by atoms with Crippen LogP contribution in [0.2, 0.25) is 0 Å². The molecule has 0 spiro atoms. The van der Waals surface area contributed by atoms with E-state index in [1.165, 1.54) is 0 Å². The minimum Gasteiger partial charge on any atom is -0.755 e. The summed E-state index contributed by atoms with van der Waals surface area (Å²) in [7, 11) is 0. The Balaban J connectivity index is 1.87. The molecule has 0 saturated carbocycles. The van der Waals surface area contributed by atoms with Gasteiger partial charge in [0.2, 0.25) is 0 Å². The molecule has 28 heavy (non-hydrogen) atoms. The SMILES string of the molecule is Cc1ccc(N(c2ccc(C)c(C(=O)NCc3cccnc3)c2)S(=O)[O-])cc1. The van der Waals surface area contributed by atoms with E-state index in [1.807, 2.05) is 32.0 Å². The molecule has 0 fully saturated rings. The third-order valence-electron chi connectivity index (χ3n) is 4.29. The standard InChI is InChI=1S/C21H21N3O3S/c1-15-5-8-18(9-6-15)24(28(26)27)19-10-7-16(2)20(12-19)21(25)23-14-17-4-3-11-22-13-17/h3-13H,14H2,1-2H3,(H,23,25)(H,26,27)/p-1. The second-order valence-electron chi connectivity index (χ2n) is 6.39. The molecule has 0 aliphatic carbocycles. The number of hydrogen-bond acceptors (Lipinski definition) is 4. The van der Waals surface area contributed by atoms with Crippen LogP contribution in [0.15, 0.2) is 67.0 Å². The summed E-state index contributed by atoms with van der Waals surface area (Å²) in [5, 5.41) is 2.85. The summed E-state index contributed by atoms with van der Waals surface area (Å²) in [4.78, 5) is 16.7. The summed E-state index contributed by atoms with van der Waals surface area (Å²) in [6.07, 6.45) is 3.35. The summed E-state index contributed by atoms with van der Waals surface area (Å²) in [6.45, 7) is 4.08. The molecule has 6 nitrogen and oxygen atoms in total. The number of amides is 1. The van der Waals surface area contributed by atoms with Gasteiger partial charge in [-0.05, 0) is 55.3 Å². The first-order valence-corrected chi connectivity index (χ1v) is 9.73. The molecule has 144 valence electrons. The van der Waals surface area contributed by atoms with Crippen LogP contribution >= 0.6 is 0 Å². The van der Waals surface area contributed by atoms with Gasteiger partial charge in [0.15, 0.2) is 0 Å². The van der Waals surface area contributed by atoms with E-state index in [0.717, 1.165) is 21.0 Å². The van der Waals surface area contributed by atoms with Crippen molar-refractivity contribution in [2.75, 3.05) is 4.31 Å².